The fraction of sp³-hybridized carbons (Fsp3) is 0.333. The molecule has 0 radical (unpaired) electrons. The average Bonchev–Trinajstić information content (AvgIpc) is 3.35. The van der Waals surface area contributed by atoms with E-state index in [-0.39, 0.29) is 23.6 Å². The highest BCUT2D eigenvalue weighted by Gasteiger charge is 2.44. The van der Waals surface area contributed by atoms with Crippen molar-refractivity contribution in [3.8, 4) is 11.3 Å². The van der Waals surface area contributed by atoms with Crippen LogP contribution in [-0.2, 0) is 20.5 Å². The van der Waals surface area contributed by atoms with E-state index in [0.717, 1.165) is 37.0 Å². The molecular weight excluding hydrogens is 445 g/mol. The second-order valence-corrected chi connectivity index (χ2v) is 8.99. The van der Waals surface area contributed by atoms with Crippen molar-refractivity contribution in [2.45, 2.75) is 37.8 Å². The van der Waals surface area contributed by atoms with E-state index in [0.29, 0.717) is 34.5 Å². The first-order valence-corrected chi connectivity index (χ1v) is 11.1. The first-order chi connectivity index (χ1) is 16.3. The Bertz CT molecular complexity index is 1450. The van der Waals surface area contributed by atoms with Gasteiger partial charge in [-0.1, -0.05) is 0 Å². The van der Waals surface area contributed by atoms with Gasteiger partial charge in [0, 0.05) is 37.5 Å². The minimum absolute atomic E-state index is 0.106. The van der Waals surface area contributed by atoms with Crippen LogP contribution in [0.4, 0.5) is 13.2 Å². The summed E-state index contributed by atoms with van der Waals surface area (Å²) in [5.41, 5.74) is 3.37. The summed E-state index contributed by atoms with van der Waals surface area (Å²) in [6.45, 7) is 0. The summed E-state index contributed by atoms with van der Waals surface area (Å²) >= 11 is 0. The molecule has 6 rings (SSSR count). The Morgan fingerprint density at radius 2 is 1.85 bits per heavy atom. The van der Waals surface area contributed by atoms with Gasteiger partial charge in [0.2, 0.25) is 0 Å². The number of halogens is 3. The molecule has 0 saturated carbocycles. The maximum atomic E-state index is 14.0. The van der Waals surface area contributed by atoms with Crippen molar-refractivity contribution >= 4 is 16.9 Å². The molecule has 1 aromatic carbocycles. The van der Waals surface area contributed by atoms with E-state index in [9.17, 15) is 18.0 Å². The van der Waals surface area contributed by atoms with Gasteiger partial charge in [0.25, 0.3) is 5.91 Å². The number of aryl methyl sites for hydroxylation is 2. The van der Waals surface area contributed by atoms with Crippen LogP contribution in [0.3, 0.4) is 0 Å². The van der Waals surface area contributed by atoms with E-state index in [1.807, 2.05) is 28.8 Å². The van der Waals surface area contributed by atoms with Crippen molar-refractivity contribution in [3.63, 3.8) is 0 Å². The Kier molecular flexibility index (Phi) is 4.55. The zero-order valence-corrected chi connectivity index (χ0v) is 18.6. The molecule has 0 spiro atoms. The predicted octanol–water partition coefficient (Wildman–Crippen LogP) is 4.08. The van der Waals surface area contributed by atoms with Crippen molar-refractivity contribution in [2.75, 3.05) is 0 Å². The molecule has 3 aromatic heterocycles. The van der Waals surface area contributed by atoms with Crippen LogP contribution in [0.2, 0.25) is 0 Å². The summed E-state index contributed by atoms with van der Waals surface area (Å²) in [7, 11) is 3.56. The highest BCUT2D eigenvalue weighted by atomic mass is 19.2. The monoisotopic (exact) mass is 466 g/mol. The van der Waals surface area contributed by atoms with Crippen LogP contribution in [-0.4, -0.2) is 41.2 Å². The molecule has 1 amide bonds. The quantitative estimate of drug-likeness (QED) is 0.418. The van der Waals surface area contributed by atoms with Gasteiger partial charge in [-0.25, -0.2) is 23.1 Å². The second kappa shape index (κ2) is 7.41. The number of amides is 1. The highest BCUT2D eigenvalue weighted by molar-refractivity contribution is 6.04. The highest BCUT2D eigenvalue weighted by Crippen LogP contribution is 2.45. The summed E-state index contributed by atoms with van der Waals surface area (Å²) in [6.07, 6.45) is 6.19. The second-order valence-electron chi connectivity index (χ2n) is 8.99. The van der Waals surface area contributed by atoms with Crippen LogP contribution in [0, 0.1) is 17.5 Å². The summed E-state index contributed by atoms with van der Waals surface area (Å²) in [5, 5.41) is 5.36. The molecule has 7 nitrogen and oxygen atoms in total. The van der Waals surface area contributed by atoms with Gasteiger partial charge in [0.15, 0.2) is 17.5 Å². The van der Waals surface area contributed by atoms with Gasteiger partial charge in [0.1, 0.15) is 17.7 Å². The van der Waals surface area contributed by atoms with Gasteiger partial charge in [-0.3, -0.25) is 9.48 Å². The number of carbonyl (C=O) groups excluding carboxylic acids is 1. The number of fused-ring (bicyclic) bond motifs is 5. The largest absolute Gasteiger partial charge is 0.335 e. The standard InChI is InChI=1S/C24H21F3N6O/c1-31-7-6-14-21(28-11-29-23(14)31)24(34)33-13-4-3-5-18(33)20-15(10-13)22(32(2)30-20)12-8-16(25)19(27)17(26)9-12/h6-9,11,13,18H,3-5,10H2,1-2H3. The van der Waals surface area contributed by atoms with Crippen LogP contribution < -0.4 is 0 Å². The number of hydrogen-bond donors (Lipinski definition) is 0. The maximum Gasteiger partial charge on any atom is 0.274 e. The van der Waals surface area contributed by atoms with Crippen LogP contribution in [0.1, 0.15) is 47.1 Å². The summed E-state index contributed by atoms with van der Waals surface area (Å²) in [6, 6.07) is 3.44. The van der Waals surface area contributed by atoms with E-state index >= 15 is 0 Å². The van der Waals surface area contributed by atoms with Crippen molar-refractivity contribution in [3.05, 3.63) is 65.1 Å². The van der Waals surface area contributed by atoms with Gasteiger partial charge in [0.05, 0.1) is 22.8 Å². The van der Waals surface area contributed by atoms with E-state index in [1.54, 1.807) is 11.7 Å². The third-order valence-corrected chi connectivity index (χ3v) is 7.03. The number of carbonyl (C=O) groups is 1. The third-order valence-electron chi connectivity index (χ3n) is 7.03. The lowest BCUT2D eigenvalue weighted by atomic mass is 9.81. The number of nitrogens with zero attached hydrogens (tertiary/aromatic N) is 6. The van der Waals surface area contributed by atoms with E-state index in [4.69, 9.17) is 0 Å². The number of benzene rings is 1. The number of rotatable bonds is 2. The van der Waals surface area contributed by atoms with Crippen molar-refractivity contribution in [1.29, 1.82) is 0 Å². The lowest BCUT2D eigenvalue weighted by molar-refractivity contribution is 0.0388. The Hall–Kier alpha value is -3.69. The molecule has 5 heterocycles. The zero-order valence-electron chi connectivity index (χ0n) is 18.6. The summed E-state index contributed by atoms with van der Waals surface area (Å²) < 4.78 is 45.0. The van der Waals surface area contributed by atoms with Gasteiger partial charge >= 0.3 is 0 Å². The number of aromatic nitrogens is 5. The molecule has 1 saturated heterocycles. The Morgan fingerprint density at radius 3 is 2.62 bits per heavy atom. The molecule has 2 aliphatic rings. The summed E-state index contributed by atoms with van der Waals surface area (Å²) in [5.74, 6) is -4.16. The molecule has 10 heteroatoms. The molecule has 174 valence electrons. The van der Waals surface area contributed by atoms with Crippen LogP contribution >= 0.6 is 0 Å². The number of hydrogen-bond acceptors (Lipinski definition) is 4. The molecule has 2 aliphatic heterocycles. The van der Waals surface area contributed by atoms with Crippen LogP contribution in [0.25, 0.3) is 22.3 Å². The molecule has 4 aromatic rings. The maximum absolute atomic E-state index is 14.0. The Morgan fingerprint density at radius 1 is 1.09 bits per heavy atom. The molecule has 2 bridgehead atoms. The van der Waals surface area contributed by atoms with Crippen LogP contribution in [0.5, 0.6) is 0 Å². The van der Waals surface area contributed by atoms with Crippen molar-refractivity contribution < 1.29 is 18.0 Å². The molecule has 2 atom stereocenters. The van der Waals surface area contributed by atoms with Gasteiger partial charge < -0.3 is 9.47 Å². The first kappa shape index (κ1) is 20.9. The van der Waals surface area contributed by atoms with Gasteiger partial charge in [-0.05, 0) is 43.9 Å². The first-order valence-electron chi connectivity index (χ1n) is 11.1. The normalized spacial score (nSPS) is 19.5. The smallest absolute Gasteiger partial charge is 0.274 e. The minimum Gasteiger partial charge on any atom is -0.335 e. The van der Waals surface area contributed by atoms with Crippen molar-refractivity contribution in [2.24, 2.45) is 14.1 Å². The van der Waals surface area contributed by atoms with Gasteiger partial charge in [-0.15, -0.1) is 0 Å². The van der Waals surface area contributed by atoms with Gasteiger partial charge in [-0.2, -0.15) is 5.10 Å². The zero-order chi connectivity index (χ0) is 23.7. The molecule has 34 heavy (non-hydrogen) atoms. The van der Waals surface area contributed by atoms with Crippen molar-refractivity contribution in [1.82, 2.24) is 29.2 Å². The fourth-order valence-corrected chi connectivity index (χ4v) is 5.57. The lowest BCUT2D eigenvalue weighted by Crippen LogP contribution is -2.50. The molecular formula is C24H21F3N6O. The Labute approximate surface area is 192 Å². The average molecular weight is 466 g/mol. The van der Waals surface area contributed by atoms with E-state index in [2.05, 4.69) is 15.1 Å². The molecule has 2 unspecified atom stereocenters. The Balaban J connectivity index is 1.46. The molecule has 0 aliphatic carbocycles. The lowest BCUT2D eigenvalue weighted by Gasteiger charge is -2.45. The van der Waals surface area contributed by atoms with E-state index < -0.39 is 17.5 Å². The van der Waals surface area contributed by atoms with Crippen LogP contribution in [0.15, 0.2) is 30.7 Å². The number of piperidine rings is 1. The minimum atomic E-state index is -1.49. The molecule has 1 fully saturated rings. The fourth-order valence-electron chi connectivity index (χ4n) is 5.57. The van der Waals surface area contributed by atoms with E-state index in [1.165, 1.54) is 6.33 Å². The predicted molar refractivity (Wildman–Crippen MR) is 117 cm³/mol. The molecule has 0 N–H and O–H groups in total. The topological polar surface area (TPSA) is 68.8 Å². The summed E-state index contributed by atoms with van der Waals surface area (Å²) in [4.78, 5) is 24.3. The third kappa shape index (κ3) is 2.90. The SMILES string of the molecule is Cn1nc2c(c1-c1cc(F)c(F)c(F)c1)CC1CCCC2N1C(=O)c1ncnc2c1ccn2C.